The number of carboxylic acid groups (broad SMARTS) is 1. The number of urea groups is 1. The lowest BCUT2D eigenvalue weighted by Crippen LogP contribution is -2.33. The highest BCUT2D eigenvalue weighted by Gasteiger charge is 2.14. The number of rotatable bonds is 5. The fraction of sp³-hybridized carbons (Fsp3) is 0.308. The van der Waals surface area contributed by atoms with Crippen molar-refractivity contribution in [1.29, 1.82) is 0 Å². The number of nitrogens with zero attached hydrogens (tertiary/aromatic N) is 1. The first-order valence-corrected chi connectivity index (χ1v) is 6.00. The molecule has 0 aromatic heterocycles. The van der Waals surface area contributed by atoms with E-state index in [1.165, 1.54) is 31.2 Å². The second-order valence-electron chi connectivity index (χ2n) is 4.21. The molecule has 3 N–H and O–H groups in total. The highest BCUT2D eigenvalue weighted by atomic mass is 16.5. The molecule has 8 nitrogen and oxygen atoms in total. The number of esters is 1. The van der Waals surface area contributed by atoms with Crippen molar-refractivity contribution in [3.8, 4) is 5.75 Å². The molecule has 0 aliphatic rings. The van der Waals surface area contributed by atoms with Crippen LogP contribution < -0.4 is 5.32 Å². The van der Waals surface area contributed by atoms with Gasteiger partial charge >= 0.3 is 18.0 Å². The van der Waals surface area contributed by atoms with Crippen LogP contribution in [0.1, 0.15) is 16.8 Å². The zero-order chi connectivity index (χ0) is 16.0. The molecule has 1 aromatic rings. The maximum atomic E-state index is 11.8. The Morgan fingerprint density at radius 2 is 2.00 bits per heavy atom. The predicted molar refractivity (Wildman–Crippen MR) is 73.3 cm³/mol. The number of aromatic hydroxyl groups is 1. The van der Waals surface area contributed by atoms with E-state index in [-0.39, 0.29) is 30.0 Å². The lowest BCUT2D eigenvalue weighted by molar-refractivity contribution is -0.140. The van der Waals surface area contributed by atoms with E-state index in [1.54, 1.807) is 0 Å². The van der Waals surface area contributed by atoms with E-state index in [2.05, 4.69) is 10.1 Å². The summed E-state index contributed by atoms with van der Waals surface area (Å²) in [7, 11) is 2.74. The van der Waals surface area contributed by atoms with Gasteiger partial charge in [-0.15, -0.1) is 0 Å². The number of phenols is 1. The van der Waals surface area contributed by atoms with E-state index in [0.29, 0.717) is 0 Å². The summed E-state index contributed by atoms with van der Waals surface area (Å²) in [6, 6.07) is 3.17. The van der Waals surface area contributed by atoms with Gasteiger partial charge in [0.2, 0.25) is 0 Å². The summed E-state index contributed by atoms with van der Waals surface area (Å²) in [5, 5.41) is 20.7. The number of carboxylic acids is 1. The predicted octanol–water partition coefficient (Wildman–Crippen LogP) is 1.12. The van der Waals surface area contributed by atoms with Gasteiger partial charge in [-0.05, 0) is 18.2 Å². The topological polar surface area (TPSA) is 116 Å². The molecule has 0 radical (unpaired) electrons. The van der Waals surface area contributed by atoms with Crippen LogP contribution in [-0.4, -0.2) is 53.8 Å². The van der Waals surface area contributed by atoms with Gasteiger partial charge < -0.3 is 25.2 Å². The molecule has 0 saturated carbocycles. The molecular formula is C13H16N2O6. The number of anilines is 1. The summed E-state index contributed by atoms with van der Waals surface area (Å²) in [6.45, 7) is 0.155. The molecule has 0 saturated heterocycles. The van der Waals surface area contributed by atoms with E-state index < -0.39 is 18.0 Å². The Labute approximate surface area is 120 Å². The minimum atomic E-state index is -1.30. The number of carbonyl (C=O) groups is 3. The van der Waals surface area contributed by atoms with E-state index in [1.807, 2.05) is 0 Å². The molecule has 114 valence electrons. The van der Waals surface area contributed by atoms with Crippen molar-refractivity contribution in [3.63, 3.8) is 0 Å². The molecule has 0 aliphatic heterocycles. The molecule has 0 fully saturated rings. The van der Waals surface area contributed by atoms with Gasteiger partial charge in [0.1, 0.15) is 11.3 Å². The molecule has 0 aliphatic carbocycles. The normalized spacial score (nSPS) is 9.81. The molecule has 8 heteroatoms. The third-order valence-electron chi connectivity index (χ3n) is 2.70. The average molecular weight is 296 g/mol. The molecule has 0 unspecified atom stereocenters. The van der Waals surface area contributed by atoms with Crippen molar-refractivity contribution >= 4 is 23.7 Å². The molecule has 1 aromatic carbocycles. The number of amides is 2. The van der Waals surface area contributed by atoms with Crippen LogP contribution in [0.5, 0.6) is 5.75 Å². The number of hydrogen-bond acceptors (Lipinski definition) is 5. The van der Waals surface area contributed by atoms with Gasteiger partial charge in [0.15, 0.2) is 0 Å². The summed E-state index contributed by atoms with van der Waals surface area (Å²) in [5.41, 5.74) is -0.0925. The molecule has 2 amide bonds. The van der Waals surface area contributed by atoms with Gasteiger partial charge in [-0.3, -0.25) is 4.79 Å². The van der Waals surface area contributed by atoms with Crippen molar-refractivity contribution in [2.45, 2.75) is 6.42 Å². The monoisotopic (exact) mass is 296 g/mol. The summed E-state index contributed by atoms with van der Waals surface area (Å²) < 4.78 is 4.46. The zero-order valence-corrected chi connectivity index (χ0v) is 11.6. The highest BCUT2D eigenvalue weighted by Crippen LogP contribution is 2.21. The Kier molecular flexibility index (Phi) is 5.53. The number of ether oxygens (including phenoxy) is 1. The SMILES string of the molecule is COC(=O)CCN(C)C(=O)Nc1ccc(O)c(C(=O)O)c1. The van der Waals surface area contributed by atoms with Crippen LogP contribution in [0.3, 0.4) is 0 Å². The van der Waals surface area contributed by atoms with Crippen molar-refractivity contribution < 1.29 is 29.3 Å². The Bertz CT molecular complexity index is 558. The first-order valence-electron chi connectivity index (χ1n) is 6.00. The van der Waals surface area contributed by atoms with Crippen molar-refractivity contribution in [2.24, 2.45) is 0 Å². The molecule has 0 spiro atoms. The summed E-state index contributed by atoms with van der Waals surface area (Å²) in [4.78, 5) is 34.9. The minimum Gasteiger partial charge on any atom is -0.507 e. The van der Waals surface area contributed by atoms with E-state index in [0.717, 1.165) is 6.07 Å². The van der Waals surface area contributed by atoms with Gasteiger partial charge in [0.25, 0.3) is 0 Å². The van der Waals surface area contributed by atoms with Crippen LogP contribution in [0, 0.1) is 0 Å². The highest BCUT2D eigenvalue weighted by molar-refractivity contribution is 5.95. The van der Waals surface area contributed by atoms with Gasteiger partial charge in [-0.1, -0.05) is 0 Å². The average Bonchev–Trinajstić information content (AvgIpc) is 2.45. The van der Waals surface area contributed by atoms with Crippen molar-refractivity contribution in [1.82, 2.24) is 4.90 Å². The van der Waals surface area contributed by atoms with Crippen LogP contribution in [0.4, 0.5) is 10.5 Å². The Balaban J connectivity index is 2.68. The molecule has 1 rings (SSSR count). The van der Waals surface area contributed by atoms with E-state index in [9.17, 15) is 19.5 Å². The number of nitrogens with one attached hydrogen (secondary N) is 1. The fourth-order valence-corrected chi connectivity index (χ4v) is 1.47. The maximum absolute atomic E-state index is 11.8. The van der Waals surface area contributed by atoms with Gasteiger partial charge in [-0.2, -0.15) is 0 Å². The molecule has 21 heavy (non-hydrogen) atoms. The lowest BCUT2D eigenvalue weighted by atomic mass is 10.2. The zero-order valence-electron chi connectivity index (χ0n) is 11.6. The first-order chi connectivity index (χ1) is 9.85. The molecule has 0 bridgehead atoms. The lowest BCUT2D eigenvalue weighted by Gasteiger charge is -2.17. The van der Waals surface area contributed by atoms with Crippen LogP contribution in [0.2, 0.25) is 0 Å². The molecule has 0 atom stereocenters. The summed E-state index contributed by atoms with van der Waals surface area (Å²) >= 11 is 0. The fourth-order valence-electron chi connectivity index (χ4n) is 1.47. The third-order valence-corrected chi connectivity index (χ3v) is 2.70. The molecular weight excluding hydrogens is 280 g/mol. The standard InChI is InChI=1S/C13H16N2O6/c1-15(6-5-11(17)21-2)13(20)14-8-3-4-10(16)9(7-8)12(18)19/h3-4,7,16H,5-6H2,1-2H3,(H,14,20)(H,18,19). The molecule has 0 heterocycles. The second-order valence-corrected chi connectivity index (χ2v) is 4.21. The number of carbonyl (C=O) groups excluding carboxylic acids is 2. The van der Waals surface area contributed by atoms with Crippen LogP contribution in [0.25, 0.3) is 0 Å². The number of benzene rings is 1. The first kappa shape index (κ1) is 16.3. The number of aromatic carboxylic acids is 1. The number of hydrogen-bond donors (Lipinski definition) is 3. The van der Waals surface area contributed by atoms with E-state index in [4.69, 9.17) is 5.11 Å². The quantitative estimate of drug-likeness (QED) is 0.554. The maximum Gasteiger partial charge on any atom is 0.339 e. The van der Waals surface area contributed by atoms with E-state index >= 15 is 0 Å². The van der Waals surface area contributed by atoms with Gasteiger partial charge in [0.05, 0.1) is 13.5 Å². The Morgan fingerprint density at radius 3 is 2.57 bits per heavy atom. The van der Waals surface area contributed by atoms with Crippen molar-refractivity contribution in [2.75, 3.05) is 26.0 Å². The van der Waals surface area contributed by atoms with Crippen LogP contribution in [-0.2, 0) is 9.53 Å². The number of methoxy groups -OCH3 is 1. The van der Waals surface area contributed by atoms with Crippen LogP contribution in [0.15, 0.2) is 18.2 Å². The smallest absolute Gasteiger partial charge is 0.339 e. The summed E-state index contributed by atoms with van der Waals surface area (Å²) in [6.07, 6.45) is 0.0520. The van der Waals surface area contributed by atoms with Crippen LogP contribution >= 0.6 is 0 Å². The van der Waals surface area contributed by atoms with Gasteiger partial charge in [-0.25, -0.2) is 9.59 Å². The van der Waals surface area contributed by atoms with Crippen molar-refractivity contribution in [3.05, 3.63) is 23.8 Å². The minimum absolute atomic E-state index is 0.0520. The Morgan fingerprint density at radius 1 is 1.33 bits per heavy atom. The van der Waals surface area contributed by atoms with Gasteiger partial charge in [0, 0.05) is 19.3 Å². The second kappa shape index (κ2) is 7.13. The Hall–Kier alpha value is -2.77. The largest absolute Gasteiger partial charge is 0.507 e. The summed E-state index contributed by atoms with van der Waals surface area (Å²) in [5.74, 6) is -2.13. The third kappa shape index (κ3) is 4.68.